The summed E-state index contributed by atoms with van der Waals surface area (Å²) in [5.74, 6) is -2.03. The summed E-state index contributed by atoms with van der Waals surface area (Å²) >= 11 is 0. The summed E-state index contributed by atoms with van der Waals surface area (Å²) in [6, 6.07) is 0. The van der Waals surface area contributed by atoms with Crippen LogP contribution in [0.25, 0.3) is 0 Å². The molecule has 4 rings (SSSR count). The van der Waals surface area contributed by atoms with E-state index in [2.05, 4.69) is 0 Å². The molecule has 0 bridgehead atoms. The summed E-state index contributed by atoms with van der Waals surface area (Å²) in [7, 11) is 1.11. The van der Waals surface area contributed by atoms with Gasteiger partial charge in [0.2, 0.25) is 6.29 Å². The smallest absolute Gasteiger partial charge is 0.339 e. The molecule has 39 heavy (non-hydrogen) atoms. The lowest BCUT2D eigenvalue weighted by Gasteiger charge is -2.47. The molecule has 16 heteroatoms. The van der Waals surface area contributed by atoms with Gasteiger partial charge in [0.1, 0.15) is 60.0 Å². The highest BCUT2D eigenvalue weighted by atomic mass is 16.8. The summed E-state index contributed by atoms with van der Waals surface area (Å²) in [5, 5.41) is 92.4. The number of methoxy groups -OCH3 is 1. The lowest BCUT2D eigenvalue weighted by Crippen LogP contribution is -2.65. The van der Waals surface area contributed by atoms with E-state index < -0.39 is 105 Å². The van der Waals surface area contributed by atoms with Crippen molar-refractivity contribution in [3.8, 4) is 0 Å². The lowest BCUT2D eigenvalue weighted by molar-refractivity contribution is -0.376. The monoisotopic (exact) mass is 566 g/mol. The fraction of sp³-hybridized carbons (Fsp3) is 0.783. The van der Waals surface area contributed by atoms with E-state index in [1.807, 2.05) is 0 Å². The van der Waals surface area contributed by atoms with Gasteiger partial charge in [0.05, 0.1) is 39.1 Å². The molecule has 4 aliphatic rings. The number of esters is 1. The molecule has 13 atom stereocenters. The zero-order valence-electron chi connectivity index (χ0n) is 20.8. The molecule has 222 valence electrons. The maximum absolute atomic E-state index is 12.2. The molecular formula is C23H34O16. The van der Waals surface area contributed by atoms with Crippen molar-refractivity contribution in [2.75, 3.05) is 26.9 Å². The van der Waals surface area contributed by atoms with Crippen LogP contribution in [0.3, 0.4) is 0 Å². The predicted molar refractivity (Wildman–Crippen MR) is 121 cm³/mol. The summed E-state index contributed by atoms with van der Waals surface area (Å²) in [4.78, 5) is 12.2. The first-order chi connectivity index (χ1) is 18.5. The SMILES string of the molecule is COC(=O)C1=CO[C@@H](O[C@@H]2O[C@H](CO)[C@@H](O)[C@H](O[C@@H]3O[C@H](CO)[C@@H](O)[C@H](O)[C@H]3O)[C@H]2O)[C@@H]2C(CO)=CC[C@]12O. The van der Waals surface area contributed by atoms with E-state index in [-0.39, 0.29) is 17.6 Å². The van der Waals surface area contributed by atoms with Gasteiger partial charge in [-0.1, -0.05) is 6.08 Å². The van der Waals surface area contributed by atoms with Crippen LogP contribution < -0.4 is 0 Å². The molecule has 0 saturated carbocycles. The van der Waals surface area contributed by atoms with Gasteiger partial charge < -0.3 is 74.4 Å². The third kappa shape index (κ3) is 5.33. The number of aliphatic hydroxyl groups is 9. The van der Waals surface area contributed by atoms with Crippen LogP contribution >= 0.6 is 0 Å². The van der Waals surface area contributed by atoms with Crippen LogP contribution in [0, 0.1) is 5.92 Å². The lowest BCUT2D eigenvalue weighted by atomic mass is 9.79. The Hall–Kier alpha value is -1.77. The van der Waals surface area contributed by atoms with E-state index in [0.29, 0.717) is 0 Å². The first kappa shape index (κ1) is 30.2. The van der Waals surface area contributed by atoms with Crippen molar-refractivity contribution >= 4 is 5.97 Å². The summed E-state index contributed by atoms with van der Waals surface area (Å²) in [5.41, 5.74) is -1.86. The van der Waals surface area contributed by atoms with Gasteiger partial charge in [-0.25, -0.2) is 4.79 Å². The van der Waals surface area contributed by atoms with Crippen molar-refractivity contribution in [3.63, 3.8) is 0 Å². The van der Waals surface area contributed by atoms with E-state index in [1.165, 1.54) is 6.08 Å². The van der Waals surface area contributed by atoms with Crippen molar-refractivity contribution in [2.24, 2.45) is 5.92 Å². The number of fused-ring (bicyclic) bond motifs is 1. The number of rotatable bonds is 8. The maximum atomic E-state index is 12.2. The molecule has 0 amide bonds. The third-order valence-corrected chi connectivity index (χ3v) is 7.47. The van der Waals surface area contributed by atoms with Gasteiger partial charge in [-0.3, -0.25) is 0 Å². The van der Waals surface area contributed by atoms with Gasteiger partial charge in [-0.05, 0) is 12.0 Å². The van der Waals surface area contributed by atoms with Crippen molar-refractivity contribution in [2.45, 2.75) is 79.7 Å². The zero-order valence-corrected chi connectivity index (χ0v) is 20.8. The highest BCUT2D eigenvalue weighted by Crippen LogP contribution is 2.47. The Morgan fingerprint density at radius 2 is 1.51 bits per heavy atom. The summed E-state index contributed by atoms with van der Waals surface area (Å²) < 4.78 is 32.3. The zero-order chi connectivity index (χ0) is 28.6. The first-order valence-electron chi connectivity index (χ1n) is 12.2. The Morgan fingerprint density at radius 3 is 2.10 bits per heavy atom. The Morgan fingerprint density at radius 1 is 0.897 bits per heavy atom. The van der Waals surface area contributed by atoms with Crippen LogP contribution in [-0.4, -0.2) is 152 Å². The summed E-state index contributed by atoms with van der Waals surface area (Å²) in [6.07, 6.45) is -15.9. The molecule has 16 nitrogen and oxygen atoms in total. The quantitative estimate of drug-likeness (QED) is 0.0982. The van der Waals surface area contributed by atoms with Crippen LogP contribution in [0.4, 0.5) is 0 Å². The highest BCUT2D eigenvalue weighted by Gasteiger charge is 2.57. The average molecular weight is 567 g/mol. The highest BCUT2D eigenvalue weighted by molar-refractivity contribution is 5.91. The Balaban J connectivity index is 1.56. The van der Waals surface area contributed by atoms with Crippen LogP contribution in [0.15, 0.2) is 23.5 Å². The number of carbonyl (C=O) groups excluding carboxylic acids is 1. The predicted octanol–water partition coefficient (Wildman–Crippen LogP) is -5.29. The van der Waals surface area contributed by atoms with E-state index in [9.17, 15) is 50.8 Å². The summed E-state index contributed by atoms with van der Waals surface area (Å²) in [6.45, 7) is -2.06. The van der Waals surface area contributed by atoms with E-state index in [1.54, 1.807) is 0 Å². The molecule has 3 aliphatic heterocycles. The van der Waals surface area contributed by atoms with E-state index in [4.69, 9.17) is 28.4 Å². The van der Waals surface area contributed by atoms with Crippen LogP contribution in [0.2, 0.25) is 0 Å². The molecule has 0 unspecified atom stereocenters. The number of hydrogen-bond donors (Lipinski definition) is 9. The third-order valence-electron chi connectivity index (χ3n) is 7.47. The second-order valence-electron chi connectivity index (χ2n) is 9.71. The molecule has 0 spiro atoms. The minimum atomic E-state index is -1.89. The number of carbonyl (C=O) groups is 1. The van der Waals surface area contributed by atoms with Gasteiger partial charge in [0.25, 0.3) is 0 Å². The van der Waals surface area contributed by atoms with E-state index >= 15 is 0 Å². The Bertz CT molecular complexity index is 939. The number of ether oxygens (including phenoxy) is 6. The van der Waals surface area contributed by atoms with Crippen molar-refractivity contribution < 1.29 is 79.2 Å². The molecule has 2 fully saturated rings. The first-order valence-corrected chi connectivity index (χ1v) is 12.2. The molecular weight excluding hydrogens is 532 g/mol. The second kappa shape index (κ2) is 12.0. The average Bonchev–Trinajstić information content (AvgIpc) is 3.29. The number of hydrogen-bond acceptors (Lipinski definition) is 16. The largest absolute Gasteiger partial charge is 0.471 e. The molecule has 2 saturated heterocycles. The molecule has 9 N–H and O–H groups in total. The fourth-order valence-electron chi connectivity index (χ4n) is 5.24. The van der Waals surface area contributed by atoms with Gasteiger partial charge in [0, 0.05) is 0 Å². The Labute approximate surface area is 221 Å². The van der Waals surface area contributed by atoms with Crippen molar-refractivity contribution in [3.05, 3.63) is 23.5 Å². The number of aliphatic hydroxyl groups excluding tert-OH is 8. The minimum absolute atomic E-state index is 0.0907. The van der Waals surface area contributed by atoms with Gasteiger partial charge >= 0.3 is 5.97 Å². The van der Waals surface area contributed by atoms with Crippen molar-refractivity contribution in [1.29, 1.82) is 0 Å². The van der Waals surface area contributed by atoms with Crippen LogP contribution in [0.1, 0.15) is 6.42 Å². The molecule has 0 aromatic carbocycles. The Kier molecular flexibility index (Phi) is 9.29. The molecule has 0 aromatic heterocycles. The molecule has 1 aliphatic carbocycles. The standard InChI is InChI=1S/C23H34O16/c1-34-19(32)9-7-35-20(12-8(4-24)2-3-23(9,12)33)39-22-17(31)18(14(28)11(6-26)37-22)38-21-16(30)15(29)13(27)10(5-25)36-21/h2,7,10-18,20-22,24-31,33H,3-6H2,1H3/t10-,11-,12+,13-,14-,15+,16-,17-,18+,20+,21+,22+,23+/m1/s1. The van der Waals surface area contributed by atoms with Gasteiger partial charge in [-0.2, -0.15) is 0 Å². The van der Waals surface area contributed by atoms with E-state index in [0.717, 1.165) is 13.4 Å². The maximum Gasteiger partial charge on any atom is 0.339 e. The van der Waals surface area contributed by atoms with Crippen molar-refractivity contribution in [1.82, 2.24) is 0 Å². The van der Waals surface area contributed by atoms with Crippen LogP contribution in [0.5, 0.6) is 0 Å². The topological polar surface area (TPSA) is 255 Å². The van der Waals surface area contributed by atoms with Gasteiger partial charge in [0.15, 0.2) is 12.6 Å². The van der Waals surface area contributed by atoms with Gasteiger partial charge in [-0.15, -0.1) is 0 Å². The molecule has 3 heterocycles. The van der Waals surface area contributed by atoms with Crippen LogP contribution in [-0.2, 0) is 33.2 Å². The fourth-order valence-corrected chi connectivity index (χ4v) is 5.24. The minimum Gasteiger partial charge on any atom is -0.471 e. The molecule has 0 radical (unpaired) electrons. The normalized spacial score (nSPS) is 46.1. The molecule has 0 aromatic rings. The second-order valence-corrected chi connectivity index (χ2v) is 9.71.